The molecule has 1 aliphatic carbocycles. The van der Waals surface area contributed by atoms with Gasteiger partial charge >= 0.3 is 0 Å². The van der Waals surface area contributed by atoms with E-state index in [-0.39, 0.29) is 28.9 Å². The fourth-order valence-electron chi connectivity index (χ4n) is 5.32. The van der Waals surface area contributed by atoms with Gasteiger partial charge in [0.2, 0.25) is 15.9 Å². The van der Waals surface area contributed by atoms with Crippen molar-refractivity contribution in [1.82, 2.24) is 9.21 Å². The molecule has 6 heteroatoms. The summed E-state index contributed by atoms with van der Waals surface area (Å²) in [4.78, 5) is 14.7. The van der Waals surface area contributed by atoms with E-state index in [0.29, 0.717) is 19.5 Å². The summed E-state index contributed by atoms with van der Waals surface area (Å²) in [6.07, 6.45) is 3.20. The number of benzene rings is 1. The van der Waals surface area contributed by atoms with Crippen LogP contribution in [0.4, 0.5) is 0 Å². The molecular weight excluding hydrogens is 384 g/mol. The maximum Gasteiger partial charge on any atom is 0.223 e. The minimum Gasteiger partial charge on any atom is -0.343 e. The number of sulfonamides is 1. The lowest BCUT2D eigenvalue weighted by molar-refractivity contribution is -0.131. The Morgan fingerprint density at radius 3 is 2.38 bits per heavy atom. The second-order valence-corrected chi connectivity index (χ2v) is 11.1. The average Bonchev–Trinajstić information content (AvgIpc) is 2.95. The van der Waals surface area contributed by atoms with Gasteiger partial charge in [-0.15, -0.1) is 0 Å². The first-order valence-electron chi connectivity index (χ1n) is 11.1. The van der Waals surface area contributed by atoms with Gasteiger partial charge in [0.15, 0.2) is 0 Å². The van der Waals surface area contributed by atoms with Gasteiger partial charge in [-0.2, -0.15) is 0 Å². The Balaban J connectivity index is 1.77. The predicted molar refractivity (Wildman–Crippen MR) is 117 cm³/mol. The summed E-state index contributed by atoms with van der Waals surface area (Å²) < 4.78 is 27.0. The van der Waals surface area contributed by atoms with Crippen molar-refractivity contribution >= 4 is 15.9 Å². The van der Waals surface area contributed by atoms with Crippen LogP contribution in [-0.4, -0.2) is 55.5 Å². The number of nitrogens with zero attached hydrogens (tertiary/aromatic N) is 2. The van der Waals surface area contributed by atoms with Crippen LogP contribution in [0, 0.1) is 5.92 Å². The Labute approximate surface area is 176 Å². The number of hydrogen-bond donors (Lipinski definition) is 0. The van der Waals surface area contributed by atoms with E-state index in [4.69, 9.17) is 0 Å². The van der Waals surface area contributed by atoms with Crippen LogP contribution in [0.25, 0.3) is 0 Å². The predicted octanol–water partition coefficient (Wildman–Crippen LogP) is 3.75. The second kappa shape index (κ2) is 8.76. The van der Waals surface area contributed by atoms with E-state index >= 15 is 0 Å². The molecule has 1 amide bonds. The minimum atomic E-state index is -3.18. The van der Waals surface area contributed by atoms with Gasteiger partial charge in [-0.25, -0.2) is 12.7 Å². The lowest BCUT2D eigenvalue weighted by atomic mass is 9.73. The quantitative estimate of drug-likeness (QED) is 0.675. The highest BCUT2D eigenvalue weighted by molar-refractivity contribution is 7.89. The fourth-order valence-corrected chi connectivity index (χ4v) is 7.11. The molecule has 0 saturated carbocycles. The Hall–Kier alpha value is -1.40. The molecule has 1 aromatic rings. The van der Waals surface area contributed by atoms with Crippen molar-refractivity contribution in [2.75, 3.05) is 31.9 Å². The number of rotatable bonds is 7. The Bertz CT molecular complexity index is 822. The monoisotopic (exact) mass is 420 g/mol. The molecule has 0 radical (unpaired) electrons. The molecule has 0 bridgehead atoms. The SMILES string of the molecule is CCN(CC)C(=O)C[C@@H]1CC2(CCN(S(=O)(=O)CC(C)C)CC2)c2ccccc21. The van der Waals surface area contributed by atoms with Crippen LogP contribution in [0.15, 0.2) is 24.3 Å². The van der Waals surface area contributed by atoms with Crippen LogP contribution in [0.1, 0.15) is 70.4 Å². The molecule has 1 aromatic carbocycles. The Morgan fingerprint density at radius 2 is 1.79 bits per heavy atom. The average molecular weight is 421 g/mol. The summed E-state index contributed by atoms with van der Waals surface area (Å²) >= 11 is 0. The van der Waals surface area contributed by atoms with Gasteiger partial charge in [-0.3, -0.25) is 4.79 Å². The highest BCUT2D eigenvalue weighted by Gasteiger charge is 2.47. The van der Waals surface area contributed by atoms with E-state index in [1.807, 2.05) is 32.6 Å². The third kappa shape index (κ3) is 4.53. The van der Waals surface area contributed by atoms with Crippen LogP contribution >= 0.6 is 0 Å². The van der Waals surface area contributed by atoms with E-state index in [2.05, 4.69) is 24.3 Å². The van der Waals surface area contributed by atoms with Crippen LogP contribution < -0.4 is 0 Å². The molecule has 1 saturated heterocycles. The molecule has 0 N–H and O–H groups in total. The molecular formula is C23H36N2O3S. The number of hydrogen-bond acceptors (Lipinski definition) is 3. The van der Waals surface area contributed by atoms with E-state index in [1.54, 1.807) is 4.31 Å². The van der Waals surface area contributed by atoms with Crippen molar-refractivity contribution in [3.8, 4) is 0 Å². The number of amides is 1. The van der Waals surface area contributed by atoms with Crippen molar-refractivity contribution in [2.24, 2.45) is 5.92 Å². The lowest BCUT2D eigenvalue weighted by Crippen LogP contribution is -2.45. The van der Waals surface area contributed by atoms with Gasteiger partial charge in [-0.1, -0.05) is 38.1 Å². The van der Waals surface area contributed by atoms with Crippen molar-refractivity contribution < 1.29 is 13.2 Å². The molecule has 1 fully saturated rings. The number of carbonyl (C=O) groups is 1. The number of fused-ring (bicyclic) bond motifs is 2. The number of carbonyl (C=O) groups excluding carboxylic acids is 1. The van der Waals surface area contributed by atoms with Crippen molar-refractivity contribution in [3.05, 3.63) is 35.4 Å². The third-order valence-electron chi connectivity index (χ3n) is 6.76. The summed E-state index contributed by atoms with van der Waals surface area (Å²) in [6.45, 7) is 10.6. The van der Waals surface area contributed by atoms with Crippen LogP contribution in [0.3, 0.4) is 0 Å². The zero-order valence-electron chi connectivity index (χ0n) is 18.4. The third-order valence-corrected chi connectivity index (χ3v) is 9.00. The maximum atomic E-state index is 12.8. The number of piperidine rings is 1. The Morgan fingerprint density at radius 1 is 1.17 bits per heavy atom. The van der Waals surface area contributed by atoms with Crippen molar-refractivity contribution in [3.63, 3.8) is 0 Å². The molecule has 162 valence electrons. The first kappa shape index (κ1) is 22.3. The van der Waals surface area contributed by atoms with Crippen LogP contribution in [0.2, 0.25) is 0 Å². The van der Waals surface area contributed by atoms with Gasteiger partial charge in [0.1, 0.15) is 0 Å². The standard InChI is InChI=1S/C23H36N2O3S/c1-5-24(6-2)22(26)15-19-16-23(21-10-8-7-9-20(19)21)11-13-25(14-12-23)29(27,28)17-18(3)4/h7-10,18-19H,5-6,11-17H2,1-4H3/t19-/m1/s1. The first-order valence-corrected chi connectivity index (χ1v) is 12.7. The summed E-state index contributed by atoms with van der Waals surface area (Å²) in [5.74, 6) is 0.817. The van der Waals surface area contributed by atoms with E-state index < -0.39 is 10.0 Å². The molecule has 5 nitrogen and oxygen atoms in total. The van der Waals surface area contributed by atoms with Crippen molar-refractivity contribution in [1.29, 1.82) is 0 Å². The minimum absolute atomic E-state index is 0.00858. The Kier molecular flexibility index (Phi) is 6.74. The van der Waals surface area contributed by atoms with E-state index in [1.165, 1.54) is 11.1 Å². The van der Waals surface area contributed by atoms with Gasteiger partial charge in [0.05, 0.1) is 5.75 Å². The highest BCUT2D eigenvalue weighted by Crippen LogP contribution is 2.53. The van der Waals surface area contributed by atoms with Gasteiger partial charge in [0, 0.05) is 32.6 Å². The lowest BCUT2D eigenvalue weighted by Gasteiger charge is -2.40. The van der Waals surface area contributed by atoms with Gasteiger partial charge < -0.3 is 4.90 Å². The fraction of sp³-hybridized carbons (Fsp3) is 0.696. The molecule has 2 aliphatic rings. The second-order valence-electron chi connectivity index (χ2n) is 9.11. The maximum absolute atomic E-state index is 12.8. The molecule has 1 atom stereocenters. The van der Waals surface area contributed by atoms with E-state index in [9.17, 15) is 13.2 Å². The molecule has 0 unspecified atom stereocenters. The van der Waals surface area contributed by atoms with Crippen LogP contribution in [-0.2, 0) is 20.2 Å². The van der Waals surface area contributed by atoms with Crippen LogP contribution in [0.5, 0.6) is 0 Å². The molecule has 1 aliphatic heterocycles. The van der Waals surface area contributed by atoms with Gasteiger partial charge in [0.25, 0.3) is 0 Å². The normalized spacial score (nSPS) is 21.5. The molecule has 29 heavy (non-hydrogen) atoms. The van der Waals surface area contributed by atoms with Gasteiger partial charge in [-0.05, 0) is 61.5 Å². The zero-order chi connectivity index (χ0) is 21.2. The molecule has 0 aromatic heterocycles. The largest absolute Gasteiger partial charge is 0.343 e. The smallest absolute Gasteiger partial charge is 0.223 e. The summed E-state index contributed by atoms with van der Waals surface area (Å²) in [7, 11) is -3.18. The van der Waals surface area contributed by atoms with E-state index in [0.717, 1.165) is 32.4 Å². The molecule has 1 spiro atoms. The first-order chi connectivity index (χ1) is 13.7. The summed E-state index contributed by atoms with van der Waals surface area (Å²) in [6, 6.07) is 8.52. The highest BCUT2D eigenvalue weighted by atomic mass is 32.2. The molecule has 3 rings (SSSR count). The topological polar surface area (TPSA) is 57.7 Å². The summed E-state index contributed by atoms with van der Waals surface area (Å²) in [5.41, 5.74) is 2.65. The summed E-state index contributed by atoms with van der Waals surface area (Å²) in [5, 5.41) is 0. The molecule has 1 heterocycles. The zero-order valence-corrected chi connectivity index (χ0v) is 19.2. The van der Waals surface area contributed by atoms with Crippen molar-refractivity contribution in [2.45, 2.75) is 64.7 Å².